The van der Waals surface area contributed by atoms with Crippen LogP contribution in [0.2, 0.25) is 0 Å². The highest BCUT2D eigenvalue weighted by Gasteiger charge is 2.05. The maximum absolute atomic E-state index is 9.94. The molecule has 0 aromatic heterocycles. The highest BCUT2D eigenvalue weighted by Crippen LogP contribution is 2.32. The number of benzene rings is 2. The fourth-order valence-corrected chi connectivity index (χ4v) is 3.86. The van der Waals surface area contributed by atoms with Crippen LogP contribution in [0, 0.1) is 0 Å². The summed E-state index contributed by atoms with van der Waals surface area (Å²) in [6.45, 7) is 3.04. The van der Waals surface area contributed by atoms with Gasteiger partial charge in [0.25, 0.3) is 0 Å². The van der Waals surface area contributed by atoms with Gasteiger partial charge in [-0.2, -0.15) is 0 Å². The van der Waals surface area contributed by atoms with Gasteiger partial charge in [0.05, 0.1) is 6.61 Å². The zero-order valence-corrected chi connectivity index (χ0v) is 17.9. The van der Waals surface area contributed by atoms with Crippen LogP contribution in [0.5, 0.6) is 11.5 Å². The summed E-state index contributed by atoms with van der Waals surface area (Å²) in [7, 11) is 0. The van der Waals surface area contributed by atoms with Gasteiger partial charge >= 0.3 is 0 Å². The predicted molar refractivity (Wildman–Crippen MR) is 121 cm³/mol. The summed E-state index contributed by atoms with van der Waals surface area (Å²) in [5, 5.41) is 11.8. The number of aromatic hydroxyl groups is 1. The Labute approximate surface area is 172 Å². The average Bonchev–Trinajstić information content (AvgIpc) is 2.72. The van der Waals surface area contributed by atoms with Gasteiger partial charge in [-0.1, -0.05) is 115 Å². The number of phenolic OH excluding ortho intramolecular Hbond substituents is 1. The summed E-state index contributed by atoms with van der Waals surface area (Å²) in [5.41, 5.74) is 0. The zero-order chi connectivity index (χ0) is 19.9. The Morgan fingerprint density at radius 3 is 1.68 bits per heavy atom. The lowest BCUT2D eigenvalue weighted by molar-refractivity contribution is 0.307. The summed E-state index contributed by atoms with van der Waals surface area (Å²) in [6.07, 6.45) is 19.2. The summed E-state index contributed by atoms with van der Waals surface area (Å²) < 4.78 is 5.97. The molecule has 0 atom stereocenters. The van der Waals surface area contributed by atoms with Crippen LogP contribution < -0.4 is 4.74 Å². The van der Waals surface area contributed by atoms with Crippen molar-refractivity contribution in [1.82, 2.24) is 0 Å². The van der Waals surface area contributed by atoms with Gasteiger partial charge in [0, 0.05) is 10.8 Å². The molecule has 0 bridgehead atoms. The predicted octanol–water partition coefficient (Wildman–Crippen LogP) is 8.41. The molecular weight excluding hydrogens is 344 g/mol. The van der Waals surface area contributed by atoms with Gasteiger partial charge in [-0.3, -0.25) is 0 Å². The molecule has 0 saturated heterocycles. The number of fused-ring (bicyclic) bond motifs is 1. The molecule has 28 heavy (non-hydrogen) atoms. The third-order valence-electron chi connectivity index (χ3n) is 5.62. The van der Waals surface area contributed by atoms with Gasteiger partial charge in [0.15, 0.2) is 0 Å². The van der Waals surface area contributed by atoms with Crippen molar-refractivity contribution in [3.8, 4) is 11.5 Å². The lowest BCUT2D eigenvalue weighted by Gasteiger charge is -2.10. The fourth-order valence-electron chi connectivity index (χ4n) is 3.86. The molecule has 0 aliphatic carbocycles. The lowest BCUT2D eigenvalue weighted by atomic mass is 10.0. The molecule has 1 N–H and O–H groups in total. The first kappa shape index (κ1) is 22.6. The molecule has 156 valence electrons. The fraction of sp³-hybridized carbons (Fsp3) is 0.615. The van der Waals surface area contributed by atoms with Crippen molar-refractivity contribution in [3.63, 3.8) is 0 Å². The molecule has 2 nitrogen and oxygen atoms in total. The first-order valence-electron chi connectivity index (χ1n) is 11.7. The van der Waals surface area contributed by atoms with Crippen molar-refractivity contribution in [2.24, 2.45) is 0 Å². The Morgan fingerprint density at radius 2 is 1.11 bits per heavy atom. The maximum Gasteiger partial charge on any atom is 0.127 e. The highest BCUT2D eigenvalue weighted by atomic mass is 16.5. The van der Waals surface area contributed by atoms with E-state index in [-0.39, 0.29) is 0 Å². The Hall–Kier alpha value is -1.70. The summed E-state index contributed by atoms with van der Waals surface area (Å²) >= 11 is 0. The number of ether oxygens (including phenoxy) is 1. The van der Waals surface area contributed by atoms with E-state index in [1.54, 1.807) is 6.07 Å². The lowest BCUT2D eigenvalue weighted by Crippen LogP contribution is -1.98. The third kappa shape index (κ3) is 8.54. The van der Waals surface area contributed by atoms with Crippen LogP contribution >= 0.6 is 0 Å². The van der Waals surface area contributed by atoms with Crippen molar-refractivity contribution in [3.05, 3.63) is 36.4 Å². The van der Waals surface area contributed by atoms with E-state index in [9.17, 15) is 5.11 Å². The monoisotopic (exact) mass is 384 g/mol. The summed E-state index contributed by atoms with van der Waals surface area (Å²) in [4.78, 5) is 0. The van der Waals surface area contributed by atoms with Gasteiger partial charge in [0.1, 0.15) is 11.5 Å². The molecule has 0 fully saturated rings. The smallest absolute Gasteiger partial charge is 0.127 e. The van der Waals surface area contributed by atoms with Crippen molar-refractivity contribution >= 4 is 10.8 Å². The Morgan fingerprint density at radius 1 is 0.607 bits per heavy atom. The second kappa shape index (κ2) is 14.3. The number of rotatable bonds is 16. The molecule has 0 saturated carbocycles. The second-order valence-corrected chi connectivity index (χ2v) is 8.07. The van der Waals surface area contributed by atoms with E-state index in [4.69, 9.17) is 4.74 Å². The van der Waals surface area contributed by atoms with E-state index in [0.717, 1.165) is 29.5 Å². The van der Waals surface area contributed by atoms with E-state index in [2.05, 4.69) is 6.92 Å². The summed E-state index contributed by atoms with van der Waals surface area (Å²) in [6, 6.07) is 11.5. The van der Waals surface area contributed by atoms with Crippen LogP contribution in [0.15, 0.2) is 36.4 Å². The number of phenols is 1. The molecule has 2 heteroatoms. The van der Waals surface area contributed by atoms with Crippen LogP contribution in [0.4, 0.5) is 0 Å². The SMILES string of the molecule is CCCCCCCCCCCCCCCCOc1ccc(O)c2ccccc12. The van der Waals surface area contributed by atoms with Crippen LogP contribution in [-0.4, -0.2) is 11.7 Å². The number of hydrogen-bond donors (Lipinski definition) is 1. The normalized spacial score (nSPS) is 11.2. The second-order valence-electron chi connectivity index (χ2n) is 8.07. The van der Waals surface area contributed by atoms with Crippen LogP contribution in [-0.2, 0) is 0 Å². The minimum atomic E-state index is 0.319. The molecule has 0 radical (unpaired) electrons. The zero-order valence-electron chi connectivity index (χ0n) is 17.9. The molecule has 0 unspecified atom stereocenters. The molecular formula is C26H40O2. The average molecular weight is 385 g/mol. The van der Waals surface area contributed by atoms with Crippen LogP contribution in [0.25, 0.3) is 10.8 Å². The van der Waals surface area contributed by atoms with E-state index in [1.807, 2.05) is 30.3 Å². The molecule has 2 rings (SSSR count). The van der Waals surface area contributed by atoms with Gasteiger partial charge in [-0.05, 0) is 18.6 Å². The molecule has 0 aliphatic heterocycles. The Balaban J connectivity index is 1.44. The van der Waals surface area contributed by atoms with Crippen molar-refractivity contribution in [2.45, 2.75) is 96.8 Å². The van der Waals surface area contributed by atoms with E-state index >= 15 is 0 Å². The number of unbranched alkanes of at least 4 members (excludes halogenated alkanes) is 13. The Kier molecular flexibility index (Phi) is 11.6. The van der Waals surface area contributed by atoms with Crippen molar-refractivity contribution < 1.29 is 9.84 Å². The maximum atomic E-state index is 9.94. The van der Waals surface area contributed by atoms with E-state index in [1.165, 1.54) is 83.5 Å². The molecule has 2 aromatic rings. The summed E-state index contributed by atoms with van der Waals surface area (Å²) in [5.74, 6) is 1.20. The molecule has 0 aliphatic rings. The first-order valence-corrected chi connectivity index (χ1v) is 11.7. The quantitative estimate of drug-likeness (QED) is 0.294. The minimum absolute atomic E-state index is 0.319. The van der Waals surface area contributed by atoms with Crippen LogP contribution in [0.1, 0.15) is 96.8 Å². The van der Waals surface area contributed by atoms with Gasteiger partial charge in [-0.25, -0.2) is 0 Å². The highest BCUT2D eigenvalue weighted by molar-refractivity contribution is 5.92. The topological polar surface area (TPSA) is 29.5 Å². The standard InChI is InChI=1S/C26H40O2/c1-2-3-4-5-6-7-8-9-10-11-12-13-14-17-22-28-26-21-20-25(27)23-18-15-16-19-24(23)26/h15-16,18-21,27H,2-14,17,22H2,1H3. The largest absolute Gasteiger partial charge is 0.507 e. The first-order chi connectivity index (χ1) is 13.8. The van der Waals surface area contributed by atoms with Gasteiger partial charge < -0.3 is 9.84 Å². The molecule has 0 heterocycles. The molecule has 2 aromatic carbocycles. The van der Waals surface area contributed by atoms with Gasteiger partial charge in [0.2, 0.25) is 0 Å². The van der Waals surface area contributed by atoms with E-state index in [0.29, 0.717) is 5.75 Å². The van der Waals surface area contributed by atoms with Crippen molar-refractivity contribution in [1.29, 1.82) is 0 Å². The van der Waals surface area contributed by atoms with Crippen molar-refractivity contribution in [2.75, 3.05) is 6.61 Å². The molecule has 0 spiro atoms. The number of hydrogen-bond acceptors (Lipinski definition) is 2. The molecule has 0 amide bonds. The Bertz CT molecular complexity index is 650. The van der Waals surface area contributed by atoms with Crippen LogP contribution in [0.3, 0.4) is 0 Å². The minimum Gasteiger partial charge on any atom is -0.507 e. The van der Waals surface area contributed by atoms with Gasteiger partial charge in [-0.15, -0.1) is 0 Å². The van der Waals surface area contributed by atoms with E-state index < -0.39 is 0 Å². The third-order valence-corrected chi connectivity index (χ3v) is 5.62.